The van der Waals surface area contributed by atoms with Crippen LogP contribution in [0.1, 0.15) is 38.3 Å². The minimum Gasteiger partial charge on any atom is -0.310 e. The Morgan fingerprint density at radius 1 is 1.26 bits per heavy atom. The second-order valence-electron chi connectivity index (χ2n) is 5.23. The Balaban J connectivity index is 1.97. The van der Waals surface area contributed by atoms with Gasteiger partial charge in [-0.3, -0.25) is 4.72 Å². The molecule has 1 aliphatic carbocycles. The Kier molecular flexibility index (Phi) is 4.47. The van der Waals surface area contributed by atoms with Crippen LogP contribution in [0.25, 0.3) is 0 Å². The van der Waals surface area contributed by atoms with E-state index in [-0.39, 0.29) is 11.8 Å². The highest BCUT2D eigenvalue weighted by atomic mass is 32.2. The van der Waals surface area contributed by atoms with E-state index >= 15 is 0 Å². The first kappa shape index (κ1) is 14.3. The molecular weight excluding hydrogens is 260 g/mol. The van der Waals surface area contributed by atoms with Gasteiger partial charge in [0.05, 0.1) is 5.75 Å². The zero-order valence-electron chi connectivity index (χ0n) is 11.5. The number of hydrogen-bond donors (Lipinski definition) is 2. The summed E-state index contributed by atoms with van der Waals surface area (Å²) in [7, 11) is -3.18. The fourth-order valence-electron chi connectivity index (χ4n) is 2.08. The molecule has 0 aromatic heterocycles. The average molecular weight is 282 g/mol. The van der Waals surface area contributed by atoms with Crippen LogP contribution in [0.2, 0.25) is 0 Å². The van der Waals surface area contributed by atoms with Gasteiger partial charge in [0.15, 0.2) is 0 Å². The van der Waals surface area contributed by atoms with Gasteiger partial charge in [-0.2, -0.15) is 0 Å². The second-order valence-corrected chi connectivity index (χ2v) is 7.00. The molecule has 1 aromatic carbocycles. The molecule has 1 atom stereocenters. The minimum atomic E-state index is -3.18. The van der Waals surface area contributed by atoms with Crippen molar-refractivity contribution in [2.45, 2.75) is 32.7 Å². The van der Waals surface area contributed by atoms with Crippen molar-refractivity contribution >= 4 is 15.7 Å². The normalized spacial score (nSPS) is 17.2. The van der Waals surface area contributed by atoms with E-state index in [1.54, 1.807) is 0 Å². The molecular formula is C14H22N2O2S. The van der Waals surface area contributed by atoms with E-state index < -0.39 is 10.0 Å². The molecule has 19 heavy (non-hydrogen) atoms. The van der Waals surface area contributed by atoms with Crippen molar-refractivity contribution in [1.29, 1.82) is 0 Å². The van der Waals surface area contributed by atoms with Crippen molar-refractivity contribution in [2.24, 2.45) is 5.92 Å². The van der Waals surface area contributed by atoms with Gasteiger partial charge in [0, 0.05) is 11.7 Å². The van der Waals surface area contributed by atoms with Gasteiger partial charge in [-0.25, -0.2) is 8.42 Å². The number of hydrogen-bond acceptors (Lipinski definition) is 3. The Hall–Kier alpha value is -1.07. The Morgan fingerprint density at radius 3 is 2.42 bits per heavy atom. The maximum absolute atomic E-state index is 11.8. The highest BCUT2D eigenvalue weighted by molar-refractivity contribution is 7.92. The van der Waals surface area contributed by atoms with Gasteiger partial charge < -0.3 is 5.32 Å². The van der Waals surface area contributed by atoms with Crippen LogP contribution in [0.4, 0.5) is 5.69 Å². The third kappa shape index (κ3) is 4.51. The summed E-state index contributed by atoms with van der Waals surface area (Å²) in [4.78, 5) is 0. The molecule has 0 radical (unpaired) electrons. The number of sulfonamides is 1. The maximum Gasteiger partial charge on any atom is 0.232 e. The lowest BCUT2D eigenvalue weighted by molar-refractivity contribution is 0.597. The topological polar surface area (TPSA) is 58.2 Å². The first-order chi connectivity index (χ1) is 9.00. The van der Waals surface area contributed by atoms with Gasteiger partial charge in [-0.1, -0.05) is 19.1 Å². The molecule has 0 heterocycles. The van der Waals surface area contributed by atoms with Crippen LogP contribution in [0, 0.1) is 5.92 Å². The van der Waals surface area contributed by atoms with E-state index in [9.17, 15) is 8.42 Å². The molecule has 2 rings (SSSR count). The molecule has 0 amide bonds. The lowest BCUT2D eigenvalue weighted by atomic mass is 10.1. The van der Waals surface area contributed by atoms with Gasteiger partial charge in [-0.05, 0) is 49.9 Å². The van der Waals surface area contributed by atoms with Gasteiger partial charge in [0.1, 0.15) is 0 Å². The van der Waals surface area contributed by atoms with Gasteiger partial charge in [0.2, 0.25) is 10.0 Å². The first-order valence-corrected chi connectivity index (χ1v) is 8.49. The van der Waals surface area contributed by atoms with Crippen LogP contribution in [0.15, 0.2) is 24.3 Å². The Bertz CT molecular complexity index is 507. The standard InChI is InChI=1S/C14H22N2O2S/c1-3-15-11(2)13-6-8-14(9-7-13)16-19(17,18)10-12-4-5-12/h6-9,11-12,15-16H,3-5,10H2,1-2H3. The summed E-state index contributed by atoms with van der Waals surface area (Å²) in [5.74, 6) is 0.619. The largest absolute Gasteiger partial charge is 0.310 e. The summed E-state index contributed by atoms with van der Waals surface area (Å²) < 4.78 is 26.3. The molecule has 0 saturated heterocycles. The second kappa shape index (κ2) is 5.92. The number of anilines is 1. The van der Waals surface area contributed by atoms with Crippen molar-refractivity contribution < 1.29 is 8.42 Å². The monoisotopic (exact) mass is 282 g/mol. The molecule has 2 N–H and O–H groups in total. The maximum atomic E-state index is 11.8. The van der Waals surface area contributed by atoms with Crippen LogP contribution < -0.4 is 10.0 Å². The summed E-state index contributed by atoms with van der Waals surface area (Å²) in [6.07, 6.45) is 2.08. The predicted octanol–water partition coefficient (Wildman–Crippen LogP) is 2.51. The molecule has 0 spiro atoms. The molecule has 1 fully saturated rings. The summed E-state index contributed by atoms with van der Waals surface area (Å²) >= 11 is 0. The summed E-state index contributed by atoms with van der Waals surface area (Å²) in [5, 5.41) is 3.33. The van der Waals surface area contributed by atoms with Crippen LogP contribution in [-0.4, -0.2) is 20.7 Å². The summed E-state index contributed by atoms with van der Waals surface area (Å²) in [6.45, 7) is 5.07. The first-order valence-electron chi connectivity index (χ1n) is 6.84. The summed E-state index contributed by atoms with van der Waals surface area (Å²) in [5.41, 5.74) is 1.81. The van der Waals surface area contributed by atoms with Crippen molar-refractivity contribution in [3.8, 4) is 0 Å². The van der Waals surface area contributed by atoms with Crippen molar-refractivity contribution in [1.82, 2.24) is 5.32 Å². The highest BCUT2D eigenvalue weighted by Gasteiger charge is 2.27. The SMILES string of the molecule is CCNC(C)c1ccc(NS(=O)(=O)CC2CC2)cc1. The third-order valence-electron chi connectivity index (χ3n) is 3.35. The van der Waals surface area contributed by atoms with Crippen molar-refractivity contribution in [2.75, 3.05) is 17.0 Å². The van der Waals surface area contributed by atoms with Crippen LogP contribution in [0.3, 0.4) is 0 Å². The van der Waals surface area contributed by atoms with Gasteiger partial charge in [-0.15, -0.1) is 0 Å². The number of nitrogens with one attached hydrogen (secondary N) is 2. The molecule has 1 saturated carbocycles. The Morgan fingerprint density at radius 2 is 1.89 bits per heavy atom. The molecule has 1 aromatic rings. The lowest BCUT2D eigenvalue weighted by Crippen LogP contribution is -2.19. The van der Waals surface area contributed by atoms with Gasteiger partial charge in [0.25, 0.3) is 0 Å². The smallest absolute Gasteiger partial charge is 0.232 e. The average Bonchev–Trinajstić information content (AvgIpc) is 3.12. The third-order valence-corrected chi connectivity index (χ3v) is 4.80. The van der Waals surface area contributed by atoms with Crippen molar-refractivity contribution in [3.05, 3.63) is 29.8 Å². The predicted molar refractivity (Wildman–Crippen MR) is 78.7 cm³/mol. The highest BCUT2D eigenvalue weighted by Crippen LogP contribution is 2.30. The van der Waals surface area contributed by atoms with E-state index in [1.165, 1.54) is 0 Å². The molecule has 4 nitrogen and oxygen atoms in total. The zero-order valence-corrected chi connectivity index (χ0v) is 12.3. The Labute approximate surface area is 115 Å². The van der Waals surface area contributed by atoms with E-state index in [4.69, 9.17) is 0 Å². The molecule has 1 aliphatic rings. The fourth-order valence-corrected chi connectivity index (χ4v) is 3.61. The van der Waals surface area contributed by atoms with E-state index in [0.717, 1.165) is 24.9 Å². The van der Waals surface area contributed by atoms with Gasteiger partial charge >= 0.3 is 0 Å². The fraction of sp³-hybridized carbons (Fsp3) is 0.571. The van der Waals surface area contributed by atoms with Crippen LogP contribution in [-0.2, 0) is 10.0 Å². The molecule has 1 unspecified atom stereocenters. The number of rotatable bonds is 7. The molecule has 0 aliphatic heterocycles. The van der Waals surface area contributed by atoms with E-state index in [0.29, 0.717) is 11.6 Å². The van der Waals surface area contributed by atoms with Crippen molar-refractivity contribution in [3.63, 3.8) is 0 Å². The minimum absolute atomic E-state index is 0.253. The molecule has 5 heteroatoms. The van der Waals surface area contributed by atoms with E-state index in [2.05, 4.69) is 23.9 Å². The zero-order chi connectivity index (χ0) is 13.9. The van der Waals surface area contributed by atoms with Crippen LogP contribution in [0.5, 0.6) is 0 Å². The lowest BCUT2D eigenvalue weighted by Gasteiger charge is -2.13. The van der Waals surface area contributed by atoms with E-state index in [1.807, 2.05) is 24.3 Å². The number of benzene rings is 1. The summed E-state index contributed by atoms with van der Waals surface area (Å²) in [6, 6.07) is 7.85. The quantitative estimate of drug-likeness (QED) is 0.808. The molecule has 0 bridgehead atoms. The van der Waals surface area contributed by atoms with Crippen LogP contribution >= 0.6 is 0 Å². The molecule has 106 valence electrons.